The first-order valence-corrected chi connectivity index (χ1v) is 17.9. The number of rotatable bonds is 7. The van der Waals surface area contributed by atoms with Gasteiger partial charge < -0.3 is 20.0 Å². The van der Waals surface area contributed by atoms with Gasteiger partial charge in [0.15, 0.2) is 0 Å². The van der Waals surface area contributed by atoms with Crippen molar-refractivity contribution in [3.05, 3.63) is 65.2 Å². The number of urea groups is 1. The fourth-order valence-corrected chi connectivity index (χ4v) is 9.20. The first-order valence-electron chi connectivity index (χ1n) is 17.9. The molecule has 5 aliphatic heterocycles. The molecule has 0 saturated carbocycles. The number of nitrogens with zero attached hydrogens (tertiary/aromatic N) is 5. The fourth-order valence-electron chi connectivity index (χ4n) is 9.20. The highest BCUT2D eigenvalue weighted by Gasteiger charge is 2.51. The van der Waals surface area contributed by atoms with Gasteiger partial charge in [-0.25, -0.2) is 4.79 Å². The van der Waals surface area contributed by atoms with Crippen molar-refractivity contribution in [2.75, 3.05) is 51.6 Å². The summed E-state index contributed by atoms with van der Waals surface area (Å²) in [5, 5.41) is 2.97. The number of nitrogens with one attached hydrogen (secondary N) is 1. The Morgan fingerprint density at radius 1 is 0.898 bits per heavy atom. The Kier molecular flexibility index (Phi) is 9.38. The topological polar surface area (TPSA) is 79.4 Å². The monoisotopic (exact) mass is 680 g/mol. The van der Waals surface area contributed by atoms with Crippen LogP contribution in [-0.2, 0) is 28.7 Å². The van der Waals surface area contributed by atoms with E-state index < -0.39 is 17.7 Å². The number of hydrogen-bond donors (Lipinski definition) is 1. The van der Waals surface area contributed by atoms with E-state index in [1.54, 1.807) is 11.0 Å². The molecule has 7 rings (SSSR count). The maximum atomic E-state index is 14.2. The molecule has 4 amide bonds. The largest absolute Gasteiger partial charge is 0.416 e. The quantitative estimate of drug-likeness (QED) is 0.423. The molecular formula is C37H47F3N6O3. The van der Waals surface area contributed by atoms with Crippen molar-refractivity contribution in [3.8, 4) is 0 Å². The van der Waals surface area contributed by atoms with Gasteiger partial charge in [-0.2, -0.15) is 13.2 Å². The molecule has 49 heavy (non-hydrogen) atoms. The highest BCUT2D eigenvalue weighted by atomic mass is 19.4. The van der Waals surface area contributed by atoms with Gasteiger partial charge in [-0.15, -0.1) is 0 Å². The number of piperidine rings is 2. The summed E-state index contributed by atoms with van der Waals surface area (Å²) < 4.78 is 40.7. The predicted octanol–water partition coefficient (Wildman–Crippen LogP) is 5.41. The van der Waals surface area contributed by atoms with Gasteiger partial charge in [0.05, 0.1) is 17.1 Å². The van der Waals surface area contributed by atoms with Gasteiger partial charge in [-0.05, 0) is 81.7 Å². The molecule has 9 nitrogen and oxygen atoms in total. The molecular weight excluding hydrogens is 633 g/mol. The fraction of sp³-hybridized carbons (Fsp3) is 0.595. The van der Waals surface area contributed by atoms with Crippen molar-refractivity contribution in [2.45, 2.75) is 88.3 Å². The van der Waals surface area contributed by atoms with Gasteiger partial charge in [0.2, 0.25) is 11.8 Å². The van der Waals surface area contributed by atoms with Gasteiger partial charge >= 0.3 is 12.2 Å². The Bertz CT molecular complexity index is 1550. The standard InChI is InChI=1S/C37H47F3N6O3/c1-42-30-9-5-14-36(42,15-11-30)45-20-18-44(19-21-45)34(48)28(22-26-6-4-8-29(23-26)37(38,39)40)24-33(47)43-16-12-31(13-17-43)46-25-27-7-2-3-10-32(27)41-35(46)49/h2-4,6-8,10,23,28,30-31H,5,9,11-22,24-25H2,1H3,(H,41,49)/t28?,30-,36-/m0/s1. The van der Waals surface area contributed by atoms with Gasteiger partial charge in [0.25, 0.3) is 0 Å². The summed E-state index contributed by atoms with van der Waals surface area (Å²) in [6.07, 6.45) is 2.66. The number of alkyl halides is 3. The molecule has 4 saturated heterocycles. The van der Waals surface area contributed by atoms with Gasteiger partial charge in [-0.1, -0.05) is 36.4 Å². The van der Waals surface area contributed by atoms with Crippen molar-refractivity contribution >= 4 is 23.5 Å². The molecule has 0 spiro atoms. The van der Waals surface area contributed by atoms with Crippen LogP contribution in [0.15, 0.2) is 48.5 Å². The zero-order chi connectivity index (χ0) is 34.3. The summed E-state index contributed by atoms with van der Waals surface area (Å²) in [6, 6.07) is 13.3. The number of hydrogen-bond acceptors (Lipinski definition) is 5. The van der Waals surface area contributed by atoms with E-state index in [-0.39, 0.29) is 42.4 Å². The van der Waals surface area contributed by atoms with Gasteiger partial charge in [0, 0.05) is 70.0 Å². The lowest BCUT2D eigenvalue weighted by molar-refractivity contribution is -0.145. The van der Waals surface area contributed by atoms with Crippen LogP contribution < -0.4 is 5.32 Å². The maximum absolute atomic E-state index is 14.2. The van der Waals surface area contributed by atoms with Crippen LogP contribution in [0.3, 0.4) is 0 Å². The van der Waals surface area contributed by atoms with E-state index in [4.69, 9.17) is 0 Å². The number of benzene rings is 2. The van der Waals surface area contributed by atoms with Crippen molar-refractivity contribution in [3.63, 3.8) is 0 Å². The highest BCUT2D eigenvalue weighted by Crippen LogP contribution is 2.45. The summed E-state index contributed by atoms with van der Waals surface area (Å²) >= 11 is 0. The third kappa shape index (κ3) is 6.78. The average molecular weight is 681 g/mol. The average Bonchev–Trinajstić information content (AvgIpc) is 3.26. The van der Waals surface area contributed by atoms with E-state index in [2.05, 4.69) is 22.2 Å². The summed E-state index contributed by atoms with van der Waals surface area (Å²) in [7, 11) is 2.23. The van der Waals surface area contributed by atoms with Crippen LogP contribution in [0.2, 0.25) is 0 Å². The van der Waals surface area contributed by atoms with Crippen LogP contribution in [0.1, 0.15) is 68.1 Å². The first kappa shape index (κ1) is 33.8. The molecule has 0 aromatic heterocycles. The number of carbonyl (C=O) groups excluding carboxylic acids is 3. The molecule has 12 heteroatoms. The van der Waals surface area contributed by atoms with E-state index in [0.29, 0.717) is 57.2 Å². The lowest BCUT2D eigenvalue weighted by Gasteiger charge is -2.52. The Morgan fingerprint density at radius 3 is 2.41 bits per heavy atom. The van der Waals surface area contributed by atoms with Crippen LogP contribution in [0.25, 0.3) is 0 Å². The molecule has 0 aliphatic carbocycles. The number of likely N-dealkylation sites (tertiary alicyclic amines) is 1. The predicted molar refractivity (Wildman–Crippen MR) is 179 cm³/mol. The SMILES string of the molecule is CN1[C@H]2CCC[C@]1(N1CCN(C(=O)C(CC(=O)N3CCC(N4Cc5ccccc5NC4=O)CC3)Cc3cccc(C(F)(F)F)c3)CC1)CC2. The first-order chi connectivity index (χ1) is 23.5. The Balaban J connectivity index is 1.01. The van der Waals surface area contributed by atoms with E-state index in [9.17, 15) is 27.6 Å². The molecule has 0 radical (unpaired) electrons. The normalized spacial score (nSPS) is 26.0. The molecule has 1 N–H and O–H groups in total. The van der Waals surface area contributed by atoms with E-state index >= 15 is 0 Å². The number of fused-ring (bicyclic) bond motifs is 3. The molecule has 2 aromatic rings. The minimum Gasteiger partial charge on any atom is -0.343 e. The lowest BCUT2D eigenvalue weighted by Crippen LogP contribution is -2.64. The third-order valence-electron chi connectivity index (χ3n) is 12.0. The van der Waals surface area contributed by atoms with Crippen molar-refractivity contribution in [2.24, 2.45) is 5.92 Å². The summed E-state index contributed by atoms with van der Waals surface area (Å²) in [5.74, 6) is -1.10. The zero-order valence-corrected chi connectivity index (χ0v) is 28.3. The summed E-state index contributed by atoms with van der Waals surface area (Å²) in [6.45, 7) is 3.99. The minimum atomic E-state index is -4.50. The molecule has 5 heterocycles. The molecule has 4 fully saturated rings. The Labute approximate surface area is 286 Å². The summed E-state index contributed by atoms with van der Waals surface area (Å²) in [5.41, 5.74) is 1.57. The van der Waals surface area contributed by atoms with Crippen molar-refractivity contribution in [1.29, 1.82) is 0 Å². The smallest absolute Gasteiger partial charge is 0.343 e. The molecule has 2 bridgehead atoms. The second kappa shape index (κ2) is 13.6. The lowest BCUT2D eigenvalue weighted by atomic mass is 9.91. The number of piperazine rings is 1. The van der Waals surface area contributed by atoms with Crippen LogP contribution in [0.5, 0.6) is 0 Å². The molecule has 1 unspecified atom stereocenters. The molecule has 264 valence electrons. The van der Waals surface area contributed by atoms with Crippen LogP contribution in [0, 0.1) is 5.92 Å². The van der Waals surface area contributed by atoms with Gasteiger partial charge in [0.1, 0.15) is 0 Å². The molecule has 3 atom stereocenters. The second-order valence-corrected chi connectivity index (χ2v) is 14.6. The van der Waals surface area contributed by atoms with E-state index in [1.165, 1.54) is 25.3 Å². The minimum absolute atomic E-state index is 0.0194. The van der Waals surface area contributed by atoms with Crippen LogP contribution >= 0.6 is 0 Å². The second-order valence-electron chi connectivity index (χ2n) is 14.6. The number of para-hydroxylation sites is 1. The summed E-state index contributed by atoms with van der Waals surface area (Å²) in [4.78, 5) is 51.3. The van der Waals surface area contributed by atoms with Crippen molar-refractivity contribution < 1.29 is 27.6 Å². The van der Waals surface area contributed by atoms with Crippen molar-refractivity contribution in [1.82, 2.24) is 24.5 Å². The number of amides is 4. The number of carbonyl (C=O) groups is 3. The molecule has 2 aromatic carbocycles. The Morgan fingerprint density at radius 2 is 1.65 bits per heavy atom. The van der Waals surface area contributed by atoms with E-state index in [0.717, 1.165) is 49.3 Å². The molecule has 5 aliphatic rings. The highest BCUT2D eigenvalue weighted by molar-refractivity contribution is 5.92. The zero-order valence-electron chi connectivity index (χ0n) is 28.3. The third-order valence-corrected chi connectivity index (χ3v) is 12.0. The van der Waals surface area contributed by atoms with Crippen LogP contribution in [-0.4, -0.2) is 106 Å². The van der Waals surface area contributed by atoms with Crippen LogP contribution in [0.4, 0.5) is 23.7 Å². The Hall–Kier alpha value is -3.64. The van der Waals surface area contributed by atoms with E-state index in [1.807, 2.05) is 34.1 Å². The number of halogens is 3. The maximum Gasteiger partial charge on any atom is 0.416 e. The number of anilines is 1. The van der Waals surface area contributed by atoms with Gasteiger partial charge in [-0.3, -0.25) is 19.4 Å².